The summed E-state index contributed by atoms with van der Waals surface area (Å²) < 4.78 is 47.6. The van der Waals surface area contributed by atoms with Crippen LogP contribution in [0.15, 0.2) is 72.9 Å². The van der Waals surface area contributed by atoms with Crippen LogP contribution in [0.5, 0.6) is 0 Å². The fraction of sp³-hybridized carbons (Fsp3) is 0.667. The van der Waals surface area contributed by atoms with Crippen molar-refractivity contribution in [1.29, 1.82) is 0 Å². The molecule has 57 heavy (non-hydrogen) atoms. The predicted octanol–water partition coefficient (Wildman–Crippen LogP) is 10.2. The fourth-order valence-corrected chi connectivity index (χ4v) is 6.04. The van der Waals surface area contributed by atoms with Crippen molar-refractivity contribution in [3.8, 4) is 0 Å². The molecule has 0 aromatic carbocycles. The highest BCUT2D eigenvalue weighted by Gasteiger charge is 2.28. The lowest BCUT2D eigenvalue weighted by molar-refractivity contribution is -0.161. The van der Waals surface area contributed by atoms with Crippen LogP contribution in [0, 0.1) is 0 Å². The van der Waals surface area contributed by atoms with Crippen LogP contribution in [0.2, 0.25) is 0 Å². The number of ether oxygens (including phenoxy) is 2. The van der Waals surface area contributed by atoms with Crippen molar-refractivity contribution in [3.63, 3.8) is 0 Å². The lowest BCUT2D eigenvalue weighted by Crippen LogP contribution is -2.30. The van der Waals surface area contributed by atoms with E-state index in [2.05, 4.69) is 95.8 Å². The minimum absolute atomic E-state index is 0.0707. The van der Waals surface area contributed by atoms with Crippen LogP contribution in [0.25, 0.3) is 0 Å². The van der Waals surface area contributed by atoms with E-state index in [1.807, 2.05) is 0 Å². The minimum Gasteiger partial charge on any atom is -0.462 e. The molecule has 0 saturated carbocycles. The Bertz CT molecular complexity index is 1290. The van der Waals surface area contributed by atoms with Crippen molar-refractivity contribution in [2.24, 2.45) is 0 Å². The standard InChI is InChI=1S/C42H72O13P2/c1-3-5-7-9-11-13-15-17-19-21-23-25-27-29-31-33-41(44)51-37-40(38-54-57(49,50)53-36-39(43)35-52-56(46,47)48)55-42(45)34-32-30-28-26-24-22-20-18-16-14-12-10-8-6-4-2/h11-14,17-20,23-26,39-40,43H,3-10,15-16,21-22,27-38H2,1-2H3,(H,49,50)(H2,46,47,48). The summed E-state index contributed by atoms with van der Waals surface area (Å²) in [5.74, 6) is -1.13. The van der Waals surface area contributed by atoms with E-state index < -0.39 is 66.2 Å². The van der Waals surface area contributed by atoms with Crippen LogP contribution >= 0.6 is 15.6 Å². The Balaban J connectivity index is 4.70. The fourth-order valence-electron chi connectivity index (χ4n) is 4.89. The summed E-state index contributed by atoms with van der Waals surface area (Å²) >= 11 is 0. The molecule has 15 heteroatoms. The average molecular weight is 847 g/mol. The molecule has 0 fully saturated rings. The highest BCUT2D eigenvalue weighted by Crippen LogP contribution is 2.43. The van der Waals surface area contributed by atoms with Gasteiger partial charge in [0.2, 0.25) is 0 Å². The number of hydrogen-bond acceptors (Lipinski definition) is 10. The topological polar surface area (TPSA) is 195 Å². The van der Waals surface area contributed by atoms with Gasteiger partial charge in [0.15, 0.2) is 6.10 Å². The van der Waals surface area contributed by atoms with E-state index in [9.17, 15) is 28.7 Å². The molecule has 0 heterocycles. The molecule has 0 aromatic rings. The van der Waals surface area contributed by atoms with Crippen LogP contribution in [0.4, 0.5) is 0 Å². The Kier molecular flexibility index (Phi) is 36.2. The van der Waals surface area contributed by atoms with Crippen molar-refractivity contribution in [2.75, 3.05) is 26.4 Å². The van der Waals surface area contributed by atoms with Crippen LogP contribution in [-0.2, 0) is 41.8 Å². The van der Waals surface area contributed by atoms with Gasteiger partial charge in [-0.1, -0.05) is 112 Å². The Morgan fingerprint density at radius 2 is 0.895 bits per heavy atom. The van der Waals surface area contributed by atoms with E-state index in [1.165, 1.54) is 38.5 Å². The summed E-state index contributed by atoms with van der Waals surface area (Å²) in [6, 6.07) is 0. The number of phosphoric acid groups is 2. The Labute approximate surface area is 342 Å². The molecule has 4 N–H and O–H groups in total. The molecule has 3 atom stereocenters. The van der Waals surface area contributed by atoms with Gasteiger partial charge in [-0.3, -0.25) is 23.2 Å². The first-order chi connectivity index (χ1) is 27.4. The van der Waals surface area contributed by atoms with Crippen molar-refractivity contribution in [1.82, 2.24) is 0 Å². The quantitative estimate of drug-likeness (QED) is 0.0199. The normalized spacial score (nSPS) is 14.8. The number of hydrogen-bond donors (Lipinski definition) is 4. The van der Waals surface area contributed by atoms with Gasteiger partial charge in [0.05, 0.1) is 19.8 Å². The zero-order valence-electron chi connectivity index (χ0n) is 34.4. The van der Waals surface area contributed by atoms with Crippen LogP contribution in [0.3, 0.4) is 0 Å². The number of carbonyl (C=O) groups excluding carboxylic acids is 2. The zero-order valence-corrected chi connectivity index (χ0v) is 36.2. The van der Waals surface area contributed by atoms with Crippen LogP contribution < -0.4 is 0 Å². The molecular weight excluding hydrogens is 774 g/mol. The van der Waals surface area contributed by atoms with E-state index >= 15 is 0 Å². The number of allylic oxidation sites excluding steroid dienone is 12. The summed E-state index contributed by atoms with van der Waals surface area (Å²) in [4.78, 5) is 52.6. The van der Waals surface area contributed by atoms with Crippen molar-refractivity contribution < 1.29 is 61.6 Å². The molecule has 0 spiro atoms. The SMILES string of the molecule is CCCCCC=CCC=CCC=CCCCCC(=O)OCC(COP(=O)(O)OCC(O)COP(=O)(O)O)OC(=O)CCCCC=CCC=CCC=CCCCCC. The van der Waals surface area contributed by atoms with Gasteiger partial charge < -0.3 is 29.3 Å². The second kappa shape index (κ2) is 37.8. The largest absolute Gasteiger partial charge is 0.472 e. The smallest absolute Gasteiger partial charge is 0.462 e. The summed E-state index contributed by atoms with van der Waals surface area (Å²) in [6.45, 7) is 1.59. The minimum atomic E-state index is -4.87. The van der Waals surface area contributed by atoms with Gasteiger partial charge in [-0.15, -0.1) is 0 Å². The van der Waals surface area contributed by atoms with E-state index in [1.54, 1.807) is 0 Å². The molecule has 0 bridgehead atoms. The molecule has 328 valence electrons. The van der Waals surface area contributed by atoms with E-state index in [-0.39, 0.29) is 12.8 Å². The molecule has 0 aliphatic heterocycles. The maximum absolute atomic E-state index is 12.6. The third-order valence-electron chi connectivity index (χ3n) is 8.06. The van der Waals surface area contributed by atoms with Crippen molar-refractivity contribution in [2.45, 2.75) is 154 Å². The van der Waals surface area contributed by atoms with E-state index in [0.29, 0.717) is 12.8 Å². The van der Waals surface area contributed by atoms with Gasteiger partial charge in [0, 0.05) is 12.8 Å². The Morgan fingerprint density at radius 1 is 0.509 bits per heavy atom. The number of rotatable bonds is 38. The number of esters is 2. The number of unbranched alkanes of at least 4 members (excludes halogenated alkanes) is 10. The first-order valence-electron chi connectivity index (χ1n) is 20.6. The van der Waals surface area contributed by atoms with Crippen LogP contribution in [-0.4, -0.2) is 70.4 Å². The lowest BCUT2D eigenvalue weighted by Gasteiger charge is -2.20. The first kappa shape index (κ1) is 54.6. The molecule has 0 saturated heterocycles. The first-order valence-corrected chi connectivity index (χ1v) is 23.7. The highest BCUT2D eigenvalue weighted by atomic mass is 31.2. The monoisotopic (exact) mass is 846 g/mol. The third kappa shape index (κ3) is 41.5. The number of aliphatic hydroxyl groups is 1. The molecule has 3 unspecified atom stereocenters. The van der Waals surface area contributed by atoms with E-state index in [0.717, 1.165) is 64.2 Å². The number of phosphoric ester groups is 2. The van der Waals surface area contributed by atoms with E-state index in [4.69, 9.17) is 23.8 Å². The summed E-state index contributed by atoms with van der Waals surface area (Å²) in [6.07, 6.45) is 40.5. The lowest BCUT2D eigenvalue weighted by atomic mass is 10.1. The predicted molar refractivity (Wildman–Crippen MR) is 225 cm³/mol. The van der Waals surface area contributed by atoms with Crippen LogP contribution in [0.1, 0.15) is 142 Å². The molecule has 13 nitrogen and oxygen atoms in total. The second-order valence-corrected chi connectivity index (χ2v) is 16.2. The molecular formula is C42H72O13P2. The molecule has 0 rings (SSSR count). The van der Waals surface area contributed by atoms with Crippen molar-refractivity contribution >= 4 is 27.6 Å². The number of aliphatic hydroxyl groups excluding tert-OH is 1. The highest BCUT2D eigenvalue weighted by molar-refractivity contribution is 7.47. The van der Waals surface area contributed by atoms with Gasteiger partial charge in [-0.25, -0.2) is 9.13 Å². The summed E-state index contributed by atoms with van der Waals surface area (Å²) in [5.41, 5.74) is 0. The molecule has 0 aliphatic rings. The maximum Gasteiger partial charge on any atom is 0.472 e. The average Bonchev–Trinajstić information content (AvgIpc) is 3.17. The Hall–Kier alpha value is -2.44. The Morgan fingerprint density at radius 3 is 1.33 bits per heavy atom. The molecule has 0 aliphatic carbocycles. The maximum atomic E-state index is 12.6. The zero-order chi connectivity index (χ0) is 42.3. The van der Waals surface area contributed by atoms with Gasteiger partial charge in [-0.05, 0) is 89.9 Å². The second-order valence-electron chi connectivity index (χ2n) is 13.5. The molecule has 0 aromatic heterocycles. The van der Waals surface area contributed by atoms with Gasteiger partial charge in [0.25, 0.3) is 0 Å². The molecule has 0 radical (unpaired) electrons. The van der Waals surface area contributed by atoms with Crippen molar-refractivity contribution in [3.05, 3.63) is 72.9 Å². The number of carbonyl (C=O) groups is 2. The van der Waals surface area contributed by atoms with Gasteiger partial charge >= 0.3 is 27.6 Å². The summed E-state index contributed by atoms with van der Waals surface area (Å²) in [7, 11) is -9.70. The van der Waals surface area contributed by atoms with Gasteiger partial charge in [0.1, 0.15) is 12.7 Å². The van der Waals surface area contributed by atoms with Gasteiger partial charge in [-0.2, -0.15) is 0 Å². The third-order valence-corrected chi connectivity index (χ3v) is 9.49. The summed E-state index contributed by atoms with van der Waals surface area (Å²) in [5, 5.41) is 9.73. The molecule has 0 amide bonds.